The first kappa shape index (κ1) is 21.5. The summed E-state index contributed by atoms with van der Waals surface area (Å²) in [6.07, 6.45) is 2.01. The molecule has 5 rings (SSSR count). The number of aliphatic hydroxyl groups is 1. The molecule has 1 aromatic heterocycles. The van der Waals surface area contributed by atoms with E-state index in [1.807, 2.05) is 30.3 Å². The smallest absolute Gasteiger partial charge is 0.295 e. The number of aliphatic hydroxyl groups excluding tert-OH is 1. The van der Waals surface area contributed by atoms with E-state index in [1.165, 1.54) is 17.0 Å². The van der Waals surface area contributed by atoms with Crippen molar-refractivity contribution in [3.63, 3.8) is 0 Å². The third-order valence-corrected chi connectivity index (χ3v) is 6.09. The zero-order valence-corrected chi connectivity index (χ0v) is 18.2. The van der Waals surface area contributed by atoms with Crippen LogP contribution >= 0.6 is 0 Å². The summed E-state index contributed by atoms with van der Waals surface area (Å²) < 4.78 is 13.3. The number of Topliss-reactive ketones (excluding diaryl/α,β-unsaturated/α-hetero) is 1. The molecule has 34 heavy (non-hydrogen) atoms. The van der Waals surface area contributed by atoms with E-state index in [0.29, 0.717) is 17.7 Å². The van der Waals surface area contributed by atoms with Crippen LogP contribution in [0.4, 0.5) is 4.39 Å². The number of pyridine rings is 1. The molecule has 1 amide bonds. The summed E-state index contributed by atoms with van der Waals surface area (Å²) in [6.45, 7) is 0.214. The molecule has 1 fully saturated rings. The van der Waals surface area contributed by atoms with Gasteiger partial charge in [0, 0.05) is 18.3 Å². The fraction of sp³-hybridized carbons (Fsp3) is 0.107. The lowest BCUT2D eigenvalue weighted by molar-refractivity contribution is -0.139. The van der Waals surface area contributed by atoms with Crippen LogP contribution in [0, 0.1) is 5.82 Å². The molecule has 1 N–H and O–H groups in total. The van der Waals surface area contributed by atoms with Crippen molar-refractivity contribution in [1.82, 2.24) is 9.88 Å². The van der Waals surface area contributed by atoms with Gasteiger partial charge in [-0.3, -0.25) is 14.6 Å². The number of nitrogens with zero attached hydrogens (tertiary/aromatic N) is 2. The van der Waals surface area contributed by atoms with Crippen molar-refractivity contribution in [2.24, 2.45) is 0 Å². The van der Waals surface area contributed by atoms with E-state index < -0.39 is 17.7 Å². The molecule has 0 bridgehead atoms. The second kappa shape index (κ2) is 8.90. The first-order valence-electron chi connectivity index (χ1n) is 11.0. The highest BCUT2D eigenvalue weighted by atomic mass is 19.1. The van der Waals surface area contributed by atoms with E-state index >= 15 is 0 Å². The van der Waals surface area contributed by atoms with Crippen LogP contribution < -0.4 is 0 Å². The lowest BCUT2D eigenvalue weighted by atomic mass is 9.97. The van der Waals surface area contributed by atoms with Crippen molar-refractivity contribution in [2.45, 2.75) is 12.5 Å². The third-order valence-electron chi connectivity index (χ3n) is 6.09. The number of fused-ring (bicyclic) bond motifs is 1. The van der Waals surface area contributed by atoms with Crippen molar-refractivity contribution in [1.29, 1.82) is 0 Å². The maximum Gasteiger partial charge on any atom is 0.295 e. The van der Waals surface area contributed by atoms with Crippen molar-refractivity contribution in [3.8, 4) is 0 Å². The number of hydrogen-bond acceptors (Lipinski definition) is 4. The molecule has 0 saturated carbocycles. The summed E-state index contributed by atoms with van der Waals surface area (Å²) in [4.78, 5) is 32.0. The molecule has 1 aliphatic rings. The average molecular weight is 452 g/mol. The Kier molecular flexibility index (Phi) is 5.64. The molecule has 4 aromatic rings. The number of hydrogen-bond donors (Lipinski definition) is 1. The Hall–Kier alpha value is -4.32. The lowest BCUT2D eigenvalue weighted by Gasteiger charge is -2.24. The second-order valence-corrected chi connectivity index (χ2v) is 8.19. The molecule has 1 saturated heterocycles. The molecule has 0 spiro atoms. The number of amides is 1. The number of likely N-dealkylation sites (tertiary alicyclic amines) is 1. The molecule has 5 nitrogen and oxygen atoms in total. The van der Waals surface area contributed by atoms with E-state index in [9.17, 15) is 19.1 Å². The monoisotopic (exact) mass is 452 g/mol. The molecule has 0 aliphatic carbocycles. The van der Waals surface area contributed by atoms with Gasteiger partial charge in [-0.25, -0.2) is 4.39 Å². The molecule has 2 heterocycles. The predicted molar refractivity (Wildman–Crippen MR) is 127 cm³/mol. The van der Waals surface area contributed by atoms with Gasteiger partial charge >= 0.3 is 0 Å². The second-order valence-electron chi connectivity index (χ2n) is 8.19. The van der Waals surface area contributed by atoms with Gasteiger partial charge in [-0.15, -0.1) is 0 Å². The molecule has 1 unspecified atom stereocenters. The van der Waals surface area contributed by atoms with Gasteiger partial charge < -0.3 is 10.0 Å². The van der Waals surface area contributed by atoms with Crippen LogP contribution in [0.3, 0.4) is 0 Å². The highest BCUT2D eigenvalue weighted by Crippen LogP contribution is 2.39. The topological polar surface area (TPSA) is 70.5 Å². The Bertz CT molecular complexity index is 1410. The molecular weight excluding hydrogens is 431 g/mol. The number of carbonyl (C=O) groups excluding carboxylic acids is 2. The summed E-state index contributed by atoms with van der Waals surface area (Å²) in [5.41, 5.74) is 1.79. The third kappa shape index (κ3) is 3.94. The predicted octanol–water partition coefficient (Wildman–Crippen LogP) is 5.04. The normalized spacial score (nSPS) is 17.4. The van der Waals surface area contributed by atoms with E-state index in [-0.39, 0.29) is 23.7 Å². The standard InChI is InChI=1S/C28H21FN2O3/c29-22-12-8-18(9-13-22)14-16-31-25(23-7-3-4-15-30-23)24(27(33)28(31)34)26(32)21-11-10-19-5-1-2-6-20(19)17-21/h1-13,15,17,25,32H,14,16H2/b26-24-. The summed E-state index contributed by atoms with van der Waals surface area (Å²) in [5.74, 6) is -2.02. The van der Waals surface area contributed by atoms with E-state index in [4.69, 9.17) is 0 Å². The molecule has 0 radical (unpaired) electrons. The fourth-order valence-corrected chi connectivity index (χ4v) is 4.35. The van der Waals surface area contributed by atoms with Crippen LogP contribution in [0.25, 0.3) is 16.5 Å². The minimum Gasteiger partial charge on any atom is -0.507 e. The summed E-state index contributed by atoms with van der Waals surface area (Å²) in [5, 5.41) is 13.2. The van der Waals surface area contributed by atoms with Gasteiger partial charge in [-0.05, 0) is 53.1 Å². The molecule has 1 atom stereocenters. The van der Waals surface area contributed by atoms with Gasteiger partial charge in [0.2, 0.25) is 0 Å². The Morgan fingerprint density at radius 2 is 1.65 bits per heavy atom. The maximum atomic E-state index is 13.3. The SMILES string of the molecule is O=C1C(=O)N(CCc2ccc(F)cc2)C(c2ccccn2)/C1=C(/O)c1ccc2ccccc2c1. The van der Waals surface area contributed by atoms with Gasteiger partial charge in [-0.1, -0.05) is 54.6 Å². The van der Waals surface area contributed by atoms with Crippen LogP contribution in [0.1, 0.15) is 22.9 Å². The van der Waals surface area contributed by atoms with Gasteiger partial charge in [0.25, 0.3) is 11.7 Å². The summed E-state index contributed by atoms with van der Waals surface area (Å²) in [6, 6.07) is 23.6. The van der Waals surface area contributed by atoms with Crippen LogP contribution in [-0.4, -0.2) is 33.2 Å². The number of halogens is 1. The molecule has 1 aliphatic heterocycles. The van der Waals surface area contributed by atoms with Crippen molar-refractivity contribution in [3.05, 3.63) is 119 Å². The van der Waals surface area contributed by atoms with Crippen molar-refractivity contribution >= 4 is 28.2 Å². The summed E-state index contributed by atoms with van der Waals surface area (Å²) in [7, 11) is 0. The minimum absolute atomic E-state index is 0.0121. The first-order chi connectivity index (χ1) is 16.5. The van der Waals surface area contributed by atoms with Crippen LogP contribution in [-0.2, 0) is 16.0 Å². The highest BCUT2D eigenvalue weighted by Gasteiger charge is 2.46. The largest absolute Gasteiger partial charge is 0.507 e. The van der Waals surface area contributed by atoms with Crippen molar-refractivity contribution in [2.75, 3.05) is 6.54 Å². The van der Waals surface area contributed by atoms with Crippen molar-refractivity contribution < 1.29 is 19.1 Å². The molecular formula is C28H21FN2O3. The zero-order valence-electron chi connectivity index (χ0n) is 18.2. The average Bonchev–Trinajstić information content (AvgIpc) is 3.13. The molecule has 168 valence electrons. The van der Waals surface area contributed by atoms with Gasteiger partial charge in [0.15, 0.2) is 0 Å². The van der Waals surface area contributed by atoms with E-state index in [1.54, 1.807) is 48.7 Å². The van der Waals surface area contributed by atoms with Crippen LogP contribution in [0.15, 0.2) is 96.7 Å². The Morgan fingerprint density at radius 3 is 2.38 bits per heavy atom. The van der Waals surface area contributed by atoms with Gasteiger partial charge in [0.05, 0.1) is 11.3 Å². The molecule has 6 heteroatoms. The van der Waals surface area contributed by atoms with Gasteiger partial charge in [-0.2, -0.15) is 0 Å². The lowest BCUT2D eigenvalue weighted by Crippen LogP contribution is -2.32. The number of carbonyl (C=O) groups is 2. The fourth-order valence-electron chi connectivity index (χ4n) is 4.35. The van der Waals surface area contributed by atoms with Gasteiger partial charge in [0.1, 0.15) is 17.6 Å². The number of rotatable bonds is 5. The Morgan fingerprint density at radius 1 is 0.912 bits per heavy atom. The summed E-state index contributed by atoms with van der Waals surface area (Å²) >= 11 is 0. The maximum absolute atomic E-state index is 13.3. The van der Waals surface area contributed by atoms with E-state index in [2.05, 4.69) is 4.98 Å². The number of aromatic nitrogens is 1. The Balaban J connectivity index is 1.57. The zero-order chi connectivity index (χ0) is 23.7. The van der Waals surface area contributed by atoms with Crippen LogP contribution in [0.5, 0.6) is 0 Å². The highest BCUT2D eigenvalue weighted by molar-refractivity contribution is 6.46. The number of ketones is 1. The molecule has 3 aromatic carbocycles. The Labute approximate surface area is 195 Å². The van der Waals surface area contributed by atoms with Crippen LogP contribution in [0.2, 0.25) is 0 Å². The van der Waals surface area contributed by atoms with E-state index in [0.717, 1.165) is 16.3 Å². The first-order valence-corrected chi connectivity index (χ1v) is 11.0. The minimum atomic E-state index is -0.826. The number of benzene rings is 3. The quantitative estimate of drug-likeness (QED) is 0.262.